The van der Waals surface area contributed by atoms with E-state index < -0.39 is 72.6 Å². The van der Waals surface area contributed by atoms with Gasteiger partial charge in [-0.05, 0) is 27.1 Å². The minimum Gasteiger partial charge on any atom is -0.309 e. The van der Waals surface area contributed by atoms with Gasteiger partial charge < -0.3 is 4.90 Å². The van der Waals surface area contributed by atoms with Gasteiger partial charge in [0.2, 0.25) is 0 Å². The summed E-state index contributed by atoms with van der Waals surface area (Å²) in [6, 6.07) is -6.76. The van der Waals surface area contributed by atoms with Crippen LogP contribution in [0.1, 0.15) is 6.42 Å². The summed E-state index contributed by atoms with van der Waals surface area (Å²) in [5, 5.41) is 0.166. The molecule has 0 aromatic heterocycles. The summed E-state index contributed by atoms with van der Waals surface area (Å²) in [4.78, 5) is 1.14. The lowest BCUT2D eigenvalue weighted by Gasteiger charge is -2.44. The maximum Gasteiger partial charge on any atom is 0.460 e. The molecule has 0 aliphatic rings. The SMILES string of the molecule is CN(C)CCCNC(F)(F)C(F)(F)C(F)(F)C(F)(F)C(F)(F)C(F)(F)C(F)(F)C(F)(F)C(F)(F)C(F)(F)F. The highest BCUT2D eigenvalue weighted by atomic mass is 19.4. The molecular weight excluding hydrogens is 607 g/mol. The number of rotatable bonds is 13. The Morgan fingerprint density at radius 2 is 0.684 bits per heavy atom. The van der Waals surface area contributed by atoms with Gasteiger partial charge in [-0.15, -0.1) is 0 Å². The standard InChI is InChI=1S/C15H13F21N2/c1-38(2)5-3-4-37-15(35,36)13(30,31)11(26,27)9(22,23)7(18,19)6(16,17)8(20,21)10(24,25)12(28,29)14(32,33)34/h37H,3-5H2,1-2H3. The molecule has 2 nitrogen and oxygen atoms in total. The summed E-state index contributed by atoms with van der Waals surface area (Å²) < 4.78 is 277. The van der Waals surface area contributed by atoms with Crippen LogP contribution in [0.3, 0.4) is 0 Å². The monoisotopic (exact) mass is 620 g/mol. The van der Waals surface area contributed by atoms with E-state index >= 15 is 0 Å². The normalized spacial score (nSPS) is 16.4. The van der Waals surface area contributed by atoms with Crippen LogP contribution in [0.5, 0.6) is 0 Å². The van der Waals surface area contributed by atoms with Gasteiger partial charge in [0.25, 0.3) is 0 Å². The maximum atomic E-state index is 13.6. The zero-order chi connectivity index (χ0) is 31.4. The summed E-state index contributed by atoms with van der Waals surface area (Å²) in [5.74, 6) is -70.1. The molecule has 0 aliphatic carbocycles. The minimum absolute atomic E-state index is 0.166. The second-order valence-electron chi connectivity index (χ2n) is 7.75. The van der Waals surface area contributed by atoms with E-state index in [2.05, 4.69) is 0 Å². The Labute approximate surface area is 197 Å². The van der Waals surface area contributed by atoms with Gasteiger partial charge in [-0.3, -0.25) is 5.32 Å². The molecule has 0 amide bonds. The predicted octanol–water partition coefficient (Wildman–Crippen LogP) is 6.77. The van der Waals surface area contributed by atoms with Crippen LogP contribution in [-0.4, -0.2) is 91.7 Å². The van der Waals surface area contributed by atoms with E-state index in [1.54, 1.807) is 0 Å². The number of nitrogens with zero attached hydrogens (tertiary/aromatic N) is 1. The third kappa shape index (κ3) is 5.04. The molecule has 0 aromatic rings. The van der Waals surface area contributed by atoms with Gasteiger partial charge in [0.1, 0.15) is 0 Å². The molecule has 0 spiro atoms. The molecule has 0 bridgehead atoms. The second-order valence-corrected chi connectivity index (χ2v) is 7.75. The number of hydrogen-bond donors (Lipinski definition) is 1. The Hall–Kier alpha value is -1.55. The second kappa shape index (κ2) is 9.82. The fourth-order valence-corrected chi connectivity index (χ4v) is 2.31. The first kappa shape index (κ1) is 36.4. The highest BCUT2D eigenvalue weighted by Crippen LogP contribution is 2.66. The topological polar surface area (TPSA) is 15.3 Å². The van der Waals surface area contributed by atoms with Crippen LogP contribution in [-0.2, 0) is 0 Å². The van der Waals surface area contributed by atoms with Gasteiger partial charge in [-0.1, -0.05) is 0 Å². The van der Waals surface area contributed by atoms with Crippen molar-refractivity contribution in [2.24, 2.45) is 0 Å². The van der Waals surface area contributed by atoms with E-state index in [-0.39, 0.29) is 11.9 Å². The summed E-state index contributed by atoms with van der Waals surface area (Å²) in [6.45, 7) is -1.82. The largest absolute Gasteiger partial charge is 0.460 e. The lowest BCUT2D eigenvalue weighted by Crippen LogP contribution is -2.77. The first-order valence-corrected chi connectivity index (χ1v) is 9.03. The molecule has 0 unspecified atom stereocenters. The Balaban J connectivity index is 6.74. The van der Waals surface area contributed by atoms with Crippen LogP contribution in [0.25, 0.3) is 0 Å². The highest BCUT2D eigenvalue weighted by molar-refractivity contribution is 5.17. The van der Waals surface area contributed by atoms with Gasteiger partial charge in [0, 0.05) is 6.54 Å². The van der Waals surface area contributed by atoms with Crippen LogP contribution in [0.15, 0.2) is 0 Å². The lowest BCUT2D eigenvalue weighted by atomic mass is 9.87. The van der Waals surface area contributed by atoms with E-state index in [0.717, 1.165) is 4.90 Å². The van der Waals surface area contributed by atoms with Crippen molar-refractivity contribution in [3.8, 4) is 0 Å². The van der Waals surface area contributed by atoms with E-state index in [4.69, 9.17) is 0 Å². The molecule has 38 heavy (non-hydrogen) atoms. The van der Waals surface area contributed by atoms with Crippen LogP contribution in [0.4, 0.5) is 92.2 Å². The molecule has 0 aromatic carbocycles. The van der Waals surface area contributed by atoms with E-state index in [1.807, 2.05) is 0 Å². The quantitative estimate of drug-likeness (QED) is 0.139. The minimum atomic E-state index is -9.16. The van der Waals surface area contributed by atoms with Crippen LogP contribution in [0.2, 0.25) is 0 Å². The summed E-state index contributed by atoms with van der Waals surface area (Å²) in [7, 11) is 2.46. The molecule has 0 aliphatic heterocycles. The number of halogens is 21. The Kier molecular flexibility index (Phi) is 9.42. The maximum absolute atomic E-state index is 13.6. The van der Waals surface area contributed by atoms with E-state index in [1.165, 1.54) is 14.1 Å². The third-order valence-electron chi connectivity index (χ3n) is 4.64. The zero-order valence-corrected chi connectivity index (χ0v) is 18.0. The lowest BCUT2D eigenvalue weighted by molar-refractivity contribution is -0.475. The average Bonchev–Trinajstić information content (AvgIpc) is 2.68. The van der Waals surface area contributed by atoms with Crippen molar-refractivity contribution in [1.82, 2.24) is 10.2 Å². The van der Waals surface area contributed by atoms with E-state index in [9.17, 15) is 92.2 Å². The molecule has 0 heterocycles. The average molecular weight is 620 g/mol. The Morgan fingerprint density at radius 1 is 0.421 bits per heavy atom. The first-order valence-electron chi connectivity index (χ1n) is 9.03. The smallest absolute Gasteiger partial charge is 0.309 e. The fourth-order valence-electron chi connectivity index (χ4n) is 2.31. The van der Waals surface area contributed by atoms with Gasteiger partial charge in [0.05, 0.1) is 0 Å². The van der Waals surface area contributed by atoms with Crippen molar-refractivity contribution < 1.29 is 92.2 Å². The fraction of sp³-hybridized carbons (Fsp3) is 1.00. The van der Waals surface area contributed by atoms with Crippen LogP contribution in [0, 0.1) is 0 Å². The molecule has 0 saturated carbocycles. The third-order valence-corrected chi connectivity index (χ3v) is 4.64. The molecule has 0 atom stereocenters. The van der Waals surface area contributed by atoms with Gasteiger partial charge >= 0.3 is 59.6 Å². The van der Waals surface area contributed by atoms with Crippen molar-refractivity contribution in [2.45, 2.75) is 66.0 Å². The van der Waals surface area contributed by atoms with Crippen LogP contribution < -0.4 is 5.32 Å². The van der Waals surface area contributed by atoms with Gasteiger partial charge in [-0.2, -0.15) is 92.2 Å². The Morgan fingerprint density at radius 3 is 0.947 bits per heavy atom. The van der Waals surface area contributed by atoms with E-state index in [0.29, 0.717) is 0 Å². The molecule has 0 radical (unpaired) electrons. The molecule has 230 valence electrons. The van der Waals surface area contributed by atoms with Crippen LogP contribution >= 0.6 is 0 Å². The van der Waals surface area contributed by atoms with Gasteiger partial charge in [0.15, 0.2) is 0 Å². The molecule has 0 rings (SSSR count). The van der Waals surface area contributed by atoms with Crippen molar-refractivity contribution in [2.75, 3.05) is 27.2 Å². The zero-order valence-electron chi connectivity index (χ0n) is 18.0. The molecule has 0 fully saturated rings. The summed E-state index contributed by atoms with van der Waals surface area (Å²) in [5.41, 5.74) is 0. The predicted molar refractivity (Wildman–Crippen MR) is 81.8 cm³/mol. The summed E-state index contributed by atoms with van der Waals surface area (Å²) in [6.07, 6.45) is -8.69. The Bertz CT molecular complexity index is 812. The highest BCUT2D eigenvalue weighted by Gasteiger charge is 2.97. The molecular formula is C15H13F21N2. The number of nitrogens with one attached hydrogen (secondary N) is 1. The summed E-state index contributed by atoms with van der Waals surface area (Å²) >= 11 is 0. The number of alkyl halides is 21. The number of hydrogen-bond acceptors (Lipinski definition) is 2. The van der Waals surface area contributed by atoms with Crippen molar-refractivity contribution in [1.29, 1.82) is 0 Å². The van der Waals surface area contributed by atoms with Crippen molar-refractivity contribution in [3.05, 3.63) is 0 Å². The van der Waals surface area contributed by atoms with Crippen molar-refractivity contribution in [3.63, 3.8) is 0 Å². The molecule has 23 heteroatoms. The first-order chi connectivity index (χ1) is 16.2. The molecule has 1 N–H and O–H groups in total. The van der Waals surface area contributed by atoms with Gasteiger partial charge in [-0.25, -0.2) is 0 Å². The van der Waals surface area contributed by atoms with Crippen molar-refractivity contribution >= 4 is 0 Å². The molecule has 0 saturated heterocycles.